The van der Waals surface area contributed by atoms with Crippen LogP contribution in [-0.2, 0) is 6.54 Å². The van der Waals surface area contributed by atoms with Crippen molar-refractivity contribution in [1.29, 1.82) is 0 Å². The smallest absolute Gasteiger partial charge is 0.130 e. The molecule has 0 saturated carbocycles. The van der Waals surface area contributed by atoms with Crippen molar-refractivity contribution in [3.8, 4) is 0 Å². The summed E-state index contributed by atoms with van der Waals surface area (Å²) in [4.78, 5) is 0. The Morgan fingerprint density at radius 1 is 1.06 bits per heavy atom. The maximum absolute atomic E-state index is 13.5. The summed E-state index contributed by atoms with van der Waals surface area (Å²) in [7, 11) is 0. The summed E-state index contributed by atoms with van der Waals surface area (Å²) in [6.45, 7) is 9.06. The molecule has 0 aromatic heterocycles. The van der Waals surface area contributed by atoms with Gasteiger partial charge in [-0.15, -0.1) is 0 Å². The van der Waals surface area contributed by atoms with Crippen molar-refractivity contribution in [1.82, 2.24) is 10.6 Å². The molecule has 0 saturated heterocycles. The second-order valence-corrected chi connectivity index (χ2v) is 5.04. The highest BCUT2D eigenvalue weighted by Crippen LogP contribution is 2.14. The van der Waals surface area contributed by atoms with Crippen molar-refractivity contribution >= 4 is 0 Å². The Hall–Kier alpha value is -1.00. The molecule has 1 atom stereocenters. The maximum Gasteiger partial charge on any atom is 0.130 e. The zero-order valence-electron chi connectivity index (χ0n) is 11.5. The van der Waals surface area contributed by atoms with E-state index < -0.39 is 11.6 Å². The van der Waals surface area contributed by atoms with E-state index in [4.69, 9.17) is 0 Å². The maximum atomic E-state index is 13.5. The van der Waals surface area contributed by atoms with Gasteiger partial charge in [-0.2, -0.15) is 0 Å². The molecular formula is C14H22F2N2. The molecule has 0 fully saturated rings. The van der Waals surface area contributed by atoms with Gasteiger partial charge in [-0.05, 0) is 25.5 Å². The van der Waals surface area contributed by atoms with Crippen LogP contribution in [0.1, 0.15) is 31.9 Å². The Bertz CT molecular complexity index is 392. The molecule has 0 aliphatic heterocycles. The predicted octanol–water partition coefficient (Wildman–Crippen LogP) is 2.75. The summed E-state index contributed by atoms with van der Waals surface area (Å²) < 4.78 is 26.6. The molecule has 0 spiro atoms. The van der Waals surface area contributed by atoms with Gasteiger partial charge in [0.1, 0.15) is 11.6 Å². The van der Waals surface area contributed by atoms with E-state index >= 15 is 0 Å². The highest BCUT2D eigenvalue weighted by Gasteiger charge is 2.08. The molecule has 4 heteroatoms. The number of benzene rings is 1. The Morgan fingerprint density at radius 3 is 2.33 bits per heavy atom. The molecule has 18 heavy (non-hydrogen) atoms. The quantitative estimate of drug-likeness (QED) is 0.818. The lowest BCUT2D eigenvalue weighted by molar-refractivity contribution is 0.466. The van der Waals surface area contributed by atoms with Crippen LogP contribution < -0.4 is 10.6 Å². The number of rotatable bonds is 6. The molecule has 1 unspecified atom stereocenters. The van der Waals surface area contributed by atoms with Crippen LogP contribution in [0.15, 0.2) is 12.1 Å². The van der Waals surface area contributed by atoms with Crippen LogP contribution in [0, 0.1) is 18.6 Å². The third kappa shape index (κ3) is 4.70. The summed E-state index contributed by atoms with van der Waals surface area (Å²) in [6.07, 6.45) is 0. The van der Waals surface area contributed by atoms with E-state index in [1.54, 1.807) is 13.0 Å². The molecule has 1 rings (SSSR count). The fourth-order valence-corrected chi connectivity index (χ4v) is 1.62. The van der Waals surface area contributed by atoms with Gasteiger partial charge in [-0.1, -0.05) is 13.8 Å². The van der Waals surface area contributed by atoms with Crippen LogP contribution in [-0.4, -0.2) is 18.6 Å². The van der Waals surface area contributed by atoms with Crippen molar-refractivity contribution in [3.63, 3.8) is 0 Å². The third-order valence-electron chi connectivity index (χ3n) is 2.80. The zero-order chi connectivity index (χ0) is 13.7. The summed E-state index contributed by atoms with van der Waals surface area (Å²) in [5.74, 6) is -0.986. The fraction of sp³-hybridized carbons (Fsp3) is 0.571. The molecule has 0 heterocycles. The number of halogens is 2. The minimum atomic E-state index is -0.495. The molecule has 0 radical (unpaired) electrons. The Morgan fingerprint density at radius 2 is 1.72 bits per heavy atom. The second-order valence-electron chi connectivity index (χ2n) is 5.04. The zero-order valence-corrected chi connectivity index (χ0v) is 11.5. The predicted molar refractivity (Wildman–Crippen MR) is 70.5 cm³/mol. The first-order valence-corrected chi connectivity index (χ1v) is 6.31. The molecule has 0 aliphatic rings. The first-order chi connectivity index (χ1) is 8.40. The number of hydrogen-bond acceptors (Lipinski definition) is 2. The van der Waals surface area contributed by atoms with Crippen LogP contribution in [0.4, 0.5) is 8.78 Å². The number of hydrogen-bond donors (Lipinski definition) is 2. The van der Waals surface area contributed by atoms with Crippen molar-refractivity contribution in [2.45, 2.75) is 46.3 Å². The Labute approximate surface area is 108 Å². The van der Waals surface area contributed by atoms with Crippen molar-refractivity contribution < 1.29 is 8.78 Å². The van der Waals surface area contributed by atoms with Crippen LogP contribution in [0.2, 0.25) is 0 Å². The molecule has 0 aliphatic carbocycles. The average molecular weight is 256 g/mol. The van der Waals surface area contributed by atoms with Gasteiger partial charge in [0.2, 0.25) is 0 Å². The van der Waals surface area contributed by atoms with Gasteiger partial charge < -0.3 is 10.6 Å². The van der Waals surface area contributed by atoms with E-state index in [2.05, 4.69) is 24.5 Å². The van der Waals surface area contributed by atoms with Gasteiger partial charge in [-0.3, -0.25) is 0 Å². The monoisotopic (exact) mass is 256 g/mol. The minimum Gasteiger partial charge on any atom is -0.313 e. The van der Waals surface area contributed by atoms with Crippen molar-refractivity contribution in [2.75, 3.05) is 6.54 Å². The Balaban J connectivity index is 2.50. The minimum absolute atomic E-state index is 0.233. The van der Waals surface area contributed by atoms with Crippen LogP contribution in [0.25, 0.3) is 0 Å². The lowest BCUT2D eigenvalue weighted by Crippen LogP contribution is -2.38. The van der Waals surface area contributed by atoms with Gasteiger partial charge in [0.05, 0.1) is 0 Å². The van der Waals surface area contributed by atoms with Crippen molar-refractivity contribution in [2.24, 2.45) is 0 Å². The SMILES string of the molecule is Cc1cc(CNC(C)CNC(C)C)c(F)cc1F. The molecule has 0 amide bonds. The van der Waals surface area contributed by atoms with E-state index in [1.165, 1.54) is 0 Å². The van der Waals surface area contributed by atoms with E-state index in [9.17, 15) is 8.78 Å². The van der Waals surface area contributed by atoms with Crippen LogP contribution >= 0.6 is 0 Å². The van der Waals surface area contributed by atoms with Crippen LogP contribution in [0.3, 0.4) is 0 Å². The molecular weight excluding hydrogens is 234 g/mol. The highest BCUT2D eigenvalue weighted by molar-refractivity contribution is 5.25. The van der Waals surface area contributed by atoms with E-state index in [0.717, 1.165) is 12.6 Å². The number of nitrogens with one attached hydrogen (secondary N) is 2. The Kier molecular flexibility index (Phi) is 5.69. The molecule has 2 nitrogen and oxygen atoms in total. The van der Waals surface area contributed by atoms with E-state index in [1.807, 2.05) is 6.92 Å². The third-order valence-corrected chi connectivity index (χ3v) is 2.80. The number of aryl methyl sites for hydroxylation is 1. The molecule has 2 N–H and O–H groups in total. The molecule has 1 aromatic carbocycles. The largest absolute Gasteiger partial charge is 0.313 e. The van der Waals surface area contributed by atoms with E-state index in [0.29, 0.717) is 23.7 Å². The summed E-state index contributed by atoms with van der Waals surface area (Å²) in [5.41, 5.74) is 0.978. The molecule has 0 bridgehead atoms. The van der Waals surface area contributed by atoms with Crippen LogP contribution in [0.5, 0.6) is 0 Å². The van der Waals surface area contributed by atoms with Gasteiger partial charge >= 0.3 is 0 Å². The standard InChI is InChI=1S/C14H22F2N2/c1-9(2)17-7-11(4)18-8-12-5-10(3)13(15)6-14(12)16/h5-6,9,11,17-18H,7-8H2,1-4H3. The van der Waals surface area contributed by atoms with Gasteiger partial charge in [0.15, 0.2) is 0 Å². The van der Waals surface area contributed by atoms with Crippen molar-refractivity contribution in [3.05, 3.63) is 34.9 Å². The molecule has 1 aromatic rings. The molecule has 102 valence electrons. The van der Waals surface area contributed by atoms with Gasteiger partial charge in [0.25, 0.3) is 0 Å². The van der Waals surface area contributed by atoms with Gasteiger partial charge in [0, 0.05) is 36.8 Å². The van der Waals surface area contributed by atoms with Gasteiger partial charge in [-0.25, -0.2) is 8.78 Å². The summed E-state index contributed by atoms with van der Waals surface area (Å²) in [6, 6.07) is 3.17. The summed E-state index contributed by atoms with van der Waals surface area (Å²) >= 11 is 0. The first-order valence-electron chi connectivity index (χ1n) is 6.31. The second kappa shape index (κ2) is 6.81. The lowest BCUT2D eigenvalue weighted by Gasteiger charge is -2.17. The fourth-order valence-electron chi connectivity index (χ4n) is 1.62. The highest BCUT2D eigenvalue weighted by atomic mass is 19.1. The van der Waals surface area contributed by atoms with E-state index in [-0.39, 0.29) is 6.04 Å². The first kappa shape index (κ1) is 15.1. The topological polar surface area (TPSA) is 24.1 Å². The normalized spacial score (nSPS) is 13.1. The summed E-state index contributed by atoms with van der Waals surface area (Å²) in [5, 5.41) is 6.52. The lowest BCUT2D eigenvalue weighted by atomic mass is 10.1. The average Bonchev–Trinajstić information content (AvgIpc) is 2.29.